The lowest BCUT2D eigenvalue weighted by Gasteiger charge is -2.27. The number of hydrazine groups is 1. The Morgan fingerprint density at radius 2 is 1.35 bits per heavy atom. The molecule has 0 bridgehead atoms. The number of aryl methyl sites for hydroxylation is 1. The van der Waals surface area contributed by atoms with Crippen LogP contribution < -0.4 is 10.0 Å². The van der Waals surface area contributed by atoms with Crippen molar-refractivity contribution in [1.82, 2.24) is 0 Å². The maximum absolute atomic E-state index is 13.0. The van der Waals surface area contributed by atoms with E-state index in [1.54, 1.807) is 12.1 Å². The molecule has 136 valence electrons. The number of carbonyl (C=O) groups is 2. The smallest absolute Gasteiger partial charge is 0.288 e. The van der Waals surface area contributed by atoms with Crippen molar-refractivity contribution in [2.75, 3.05) is 10.0 Å². The van der Waals surface area contributed by atoms with Crippen LogP contribution >= 0.6 is 0 Å². The van der Waals surface area contributed by atoms with E-state index in [2.05, 4.69) is 0 Å². The lowest BCUT2D eigenvalue weighted by molar-refractivity contribution is -0.145. The zero-order valence-electron chi connectivity index (χ0n) is 14.8. The Bertz CT molecular complexity index is 751. The van der Waals surface area contributed by atoms with Crippen molar-refractivity contribution in [1.29, 1.82) is 0 Å². The van der Waals surface area contributed by atoms with E-state index in [9.17, 15) is 19.8 Å². The SMILES string of the molecule is CCCCC1(O)C(=O)N(c2ccc(C)cc2)N(c2ccc(O)cc2)C1=O. The topological polar surface area (TPSA) is 81.1 Å². The van der Waals surface area contributed by atoms with Gasteiger partial charge in [0.1, 0.15) is 5.75 Å². The number of aliphatic hydroxyl groups is 1. The molecule has 0 saturated carbocycles. The summed E-state index contributed by atoms with van der Waals surface area (Å²) in [4.78, 5) is 26.1. The first-order valence-electron chi connectivity index (χ1n) is 8.65. The van der Waals surface area contributed by atoms with Gasteiger partial charge in [0.15, 0.2) is 0 Å². The number of benzene rings is 2. The molecule has 26 heavy (non-hydrogen) atoms. The number of anilines is 2. The average Bonchev–Trinajstić information content (AvgIpc) is 2.83. The van der Waals surface area contributed by atoms with E-state index in [1.165, 1.54) is 34.3 Å². The highest BCUT2D eigenvalue weighted by Gasteiger charge is 2.58. The normalized spacial score (nSPS) is 20.1. The number of hydrogen-bond acceptors (Lipinski definition) is 4. The summed E-state index contributed by atoms with van der Waals surface area (Å²) in [5.74, 6) is -1.29. The van der Waals surface area contributed by atoms with Crippen LogP contribution in [0.1, 0.15) is 31.7 Å². The minimum absolute atomic E-state index is 0.0508. The molecule has 0 spiro atoms. The van der Waals surface area contributed by atoms with Gasteiger partial charge in [0.05, 0.1) is 11.4 Å². The largest absolute Gasteiger partial charge is 0.508 e. The minimum atomic E-state index is -2.08. The zero-order valence-corrected chi connectivity index (χ0v) is 14.8. The molecule has 1 fully saturated rings. The van der Waals surface area contributed by atoms with Gasteiger partial charge in [-0.05, 0) is 56.2 Å². The summed E-state index contributed by atoms with van der Waals surface area (Å²) in [7, 11) is 0. The Morgan fingerprint density at radius 1 is 0.885 bits per heavy atom. The molecular weight excluding hydrogens is 332 g/mol. The number of unbranched alkanes of at least 4 members (excludes halogenated alkanes) is 1. The Hall–Kier alpha value is -2.86. The summed E-state index contributed by atoms with van der Waals surface area (Å²) >= 11 is 0. The number of rotatable bonds is 5. The van der Waals surface area contributed by atoms with E-state index in [4.69, 9.17) is 0 Å². The Kier molecular flexibility index (Phi) is 4.70. The molecule has 6 heteroatoms. The molecule has 1 heterocycles. The van der Waals surface area contributed by atoms with Gasteiger partial charge in [0.25, 0.3) is 11.8 Å². The van der Waals surface area contributed by atoms with Crippen molar-refractivity contribution >= 4 is 23.2 Å². The maximum atomic E-state index is 13.0. The fourth-order valence-electron chi connectivity index (χ4n) is 3.02. The Labute approximate surface area is 152 Å². The third-order valence-corrected chi connectivity index (χ3v) is 4.56. The van der Waals surface area contributed by atoms with Crippen LogP contribution in [-0.4, -0.2) is 27.6 Å². The monoisotopic (exact) mass is 354 g/mol. The first-order chi connectivity index (χ1) is 12.4. The third kappa shape index (κ3) is 2.93. The third-order valence-electron chi connectivity index (χ3n) is 4.56. The van der Waals surface area contributed by atoms with Crippen LogP contribution in [0.15, 0.2) is 48.5 Å². The molecule has 0 aromatic heterocycles. The van der Waals surface area contributed by atoms with Gasteiger partial charge in [-0.3, -0.25) is 9.59 Å². The van der Waals surface area contributed by atoms with Crippen LogP contribution in [-0.2, 0) is 9.59 Å². The predicted octanol–water partition coefficient (Wildman–Crippen LogP) is 2.92. The highest BCUT2D eigenvalue weighted by Crippen LogP contribution is 2.36. The van der Waals surface area contributed by atoms with Gasteiger partial charge in [0, 0.05) is 0 Å². The molecule has 2 N–H and O–H groups in total. The Morgan fingerprint density at radius 3 is 1.81 bits per heavy atom. The second-order valence-corrected chi connectivity index (χ2v) is 6.55. The molecule has 2 amide bonds. The summed E-state index contributed by atoms with van der Waals surface area (Å²) in [5, 5.41) is 22.8. The minimum Gasteiger partial charge on any atom is -0.508 e. The molecule has 3 rings (SSSR count). The number of hydrogen-bond donors (Lipinski definition) is 2. The van der Waals surface area contributed by atoms with E-state index in [1.807, 2.05) is 26.0 Å². The predicted molar refractivity (Wildman–Crippen MR) is 98.7 cm³/mol. The van der Waals surface area contributed by atoms with Crippen molar-refractivity contribution in [3.63, 3.8) is 0 Å². The fraction of sp³-hybridized carbons (Fsp3) is 0.300. The molecule has 1 aliphatic heterocycles. The van der Waals surface area contributed by atoms with E-state index in [0.717, 1.165) is 12.0 Å². The summed E-state index contributed by atoms with van der Waals surface area (Å²) < 4.78 is 0. The first-order valence-corrected chi connectivity index (χ1v) is 8.65. The van der Waals surface area contributed by atoms with E-state index in [0.29, 0.717) is 17.8 Å². The lowest BCUT2D eigenvalue weighted by atomic mass is 9.96. The number of phenols is 1. The van der Waals surface area contributed by atoms with E-state index in [-0.39, 0.29) is 12.2 Å². The summed E-state index contributed by atoms with van der Waals surface area (Å²) in [6.45, 7) is 3.86. The van der Waals surface area contributed by atoms with E-state index >= 15 is 0 Å². The van der Waals surface area contributed by atoms with Crippen LogP contribution in [0.25, 0.3) is 0 Å². The maximum Gasteiger partial charge on any atom is 0.288 e. The van der Waals surface area contributed by atoms with Gasteiger partial charge in [-0.2, -0.15) is 0 Å². The van der Waals surface area contributed by atoms with Crippen LogP contribution in [0.5, 0.6) is 5.75 Å². The average molecular weight is 354 g/mol. The first kappa shape index (κ1) is 17.9. The number of amides is 2. The van der Waals surface area contributed by atoms with Gasteiger partial charge in [0.2, 0.25) is 5.60 Å². The molecule has 6 nitrogen and oxygen atoms in total. The molecule has 0 aliphatic carbocycles. The second-order valence-electron chi connectivity index (χ2n) is 6.55. The van der Waals surface area contributed by atoms with Gasteiger partial charge in [-0.25, -0.2) is 10.0 Å². The molecule has 1 atom stereocenters. The van der Waals surface area contributed by atoms with Crippen LogP contribution in [0.2, 0.25) is 0 Å². The molecule has 1 unspecified atom stereocenters. The summed E-state index contributed by atoms with van der Waals surface area (Å²) in [5.41, 5.74) is -0.175. The zero-order chi connectivity index (χ0) is 18.9. The quantitative estimate of drug-likeness (QED) is 0.809. The fourth-order valence-corrected chi connectivity index (χ4v) is 3.02. The second kappa shape index (κ2) is 6.80. The summed E-state index contributed by atoms with van der Waals surface area (Å²) in [6, 6.07) is 13.1. The van der Waals surface area contributed by atoms with Crippen molar-refractivity contribution in [2.24, 2.45) is 0 Å². The highest BCUT2D eigenvalue weighted by molar-refractivity contribution is 6.28. The number of phenolic OH excluding ortho intramolecular Hbond substituents is 1. The number of aromatic hydroxyl groups is 1. The van der Waals surface area contributed by atoms with Crippen molar-refractivity contribution < 1.29 is 19.8 Å². The van der Waals surface area contributed by atoms with Crippen molar-refractivity contribution in [3.8, 4) is 5.75 Å². The van der Waals surface area contributed by atoms with Gasteiger partial charge >= 0.3 is 0 Å². The summed E-state index contributed by atoms with van der Waals surface area (Å²) in [6.07, 6.45) is 1.38. The standard InChI is InChI=1S/C20H22N2O4/c1-3-4-13-20(26)18(24)21(15-7-5-14(2)6-8-15)22(19(20)25)16-9-11-17(23)12-10-16/h5-12,23,26H,3-4,13H2,1-2H3. The molecule has 1 saturated heterocycles. The number of carbonyl (C=O) groups excluding carboxylic acids is 2. The van der Waals surface area contributed by atoms with Crippen LogP contribution in [0.3, 0.4) is 0 Å². The molecule has 1 aliphatic rings. The lowest BCUT2D eigenvalue weighted by Crippen LogP contribution is -2.44. The van der Waals surface area contributed by atoms with Gasteiger partial charge in [-0.1, -0.05) is 31.0 Å². The molecule has 2 aromatic carbocycles. The molecule has 2 aromatic rings. The van der Waals surface area contributed by atoms with Crippen LogP contribution in [0.4, 0.5) is 11.4 Å². The van der Waals surface area contributed by atoms with Crippen molar-refractivity contribution in [3.05, 3.63) is 54.1 Å². The number of nitrogens with zero attached hydrogens (tertiary/aromatic N) is 2. The molecule has 0 radical (unpaired) electrons. The van der Waals surface area contributed by atoms with Crippen LogP contribution in [0, 0.1) is 6.92 Å². The van der Waals surface area contributed by atoms with E-state index < -0.39 is 17.4 Å². The van der Waals surface area contributed by atoms with Gasteiger partial charge in [-0.15, -0.1) is 0 Å². The van der Waals surface area contributed by atoms with Crippen molar-refractivity contribution in [2.45, 2.75) is 38.7 Å². The molecular formula is C20H22N2O4. The van der Waals surface area contributed by atoms with Gasteiger partial charge < -0.3 is 10.2 Å². The Balaban J connectivity index is 2.10. The highest BCUT2D eigenvalue weighted by atomic mass is 16.3.